The number of aliphatic hydroxyl groups excluding tert-OH is 1. The van der Waals surface area contributed by atoms with Gasteiger partial charge >= 0.3 is 5.97 Å². The topological polar surface area (TPSA) is 158 Å². The molecule has 0 bridgehead atoms. The normalized spacial score (nSPS) is 15.2. The number of nitrogens with one attached hydrogen (secondary N) is 3. The molecule has 0 saturated carbocycles. The molecule has 0 saturated heterocycles. The van der Waals surface area contributed by atoms with Crippen molar-refractivity contribution in [1.82, 2.24) is 15.6 Å². The van der Waals surface area contributed by atoms with Crippen LogP contribution in [0.1, 0.15) is 18.9 Å². The number of carboxylic acid groups (broad SMARTS) is 1. The summed E-state index contributed by atoms with van der Waals surface area (Å²) in [6.45, 7) is 1.38. The molecule has 0 aliphatic carbocycles. The minimum atomic E-state index is -1.21. The number of aliphatic hydroxyl groups is 1. The van der Waals surface area contributed by atoms with Crippen LogP contribution in [0.5, 0.6) is 0 Å². The average Bonchev–Trinajstić information content (AvgIpc) is 3.12. The fourth-order valence-corrected chi connectivity index (χ4v) is 3.45. The van der Waals surface area contributed by atoms with Gasteiger partial charge in [-0.15, -0.1) is 0 Å². The number of carboxylic acids is 1. The molecule has 0 aliphatic rings. The predicted octanol–water partition coefficient (Wildman–Crippen LogP) is 0.226. The number of aromatic nitrogens is 1. The Hall–Kier alpha value is -2.56. The summed E-state index contributed by atoms with van der Waals surface area (Å²) in [7, 11) is 0. The molecule has 0 spiro atoms. The second-order valence-corrected chi connectivity index (χ2v) is 8.06. The van der Waals surface area contributed by atoms with Gasteiger partial charge in [0.1, 0.15) is 18.1 Å². The number of amides is 2. The second kappa shape index (κ2) is 11.0. The van der Waals surface area contributed by atoms with Crippen molar-refractivity contribution < 1.29 is 24.6 Å². The predicted molar refractivity (Wildman–Crippen MR) is 116 cm³/mol. The van der Waals surface area contributed by atoms with E-state index in [9.17, 15) is 24.6 Å². The number of aromatic amines is 1. The van der Waals surface area contributed by atoms with Crippen LogP contribution in [0.15, 0.2) is 30.5 Å². The number of H-pyrrole nitrogens is 1. The molecule has 1 heterocycles. The van der Waals surface area contributed by atoms with Gasteiger partial charge < -0.3 is 31.6 Å². The molecule has 9 nitrogen and oxygen atoms in total. The Morgan fingerprint density at radius 1 is 1.17 bits per heavy atom. The summed E-state index contributed by atoms with van der Waals surface area (Å²) in [4.78, 5) is 39.9. The minimum absolute atomic E-state index is 0.128. The zero-order valence-electron chi connectivity index (χ0n) is 16.9. The number of benzene rings is 1. The van der Waals surface area contributed by atoms with Crippen LogP contribution in [0, 0.1) is 0 Å². The highest BCUT2D eigenvalue weighted by atomic mass is 32.2. The molecule has 10 heteroatoms. The Balaban J connectivity index is 2.24. The third-order valence-electron chi connectivity index (χ3n) is 4.78. The average molecular weight is 437 g/mol. The van der Waals surface area contributed by atoms with Gasteiger partial charge in [0.25, 0.3) is 0 Å². The molecule has 2 amide bonds. The molecule has 2 rings (SSSR count). The van der Waals surface area contributed by atoms with Gasteiger partial charge in [0.05, 0.1) is 6.10 Å². The van der Waals surface area contributed by atoms with Crippen molar-refractivity contribution >= 4 is 40.4 Å². The summed E-state index contributed by atoms with van der Waals surface area (Å²) in [5, 5.41) is 24.9. The van der Waals surface area contributed by atoms with Gasteiger partial charge in [-0.25, -0.2) is 4.79 Å². The molecule has 1 aromatic heterocycles. The third kappa shape index (κ3) is 6.22. The highest BCUT2D eigenvalue weighted by Gasteiger charge is 2.29. The first-order chi connectivity index (χ1) is 14.2. The number of carbonyl (C=O) groups excluding carboxylic acids is 2. The van der Waals surface area contributed by atoms with E-state index < -0.39 is 42.0 Å². The highest BCUT2D eigenvalue weighted by Crippen LogP contribution is 2.19. The fourth-order valence-electron chi connectivity index (χ4n) is 2.98. The SMILES string of the molecule is CSCC[C@H](NC(=O)[C@H](Cc1c[nH]c2ccccc12)NC(=O)[C@@H](N)[C@@H](C)O)C(=O)O. The Labute approximate surface area is 178 Å². The number of rotatable bonds is 11. The Kier molecular flexibility index (Phi) is 8.70. The molecule has 1 aromatic carbocycles. The maximum Gasteiger partial charge on any atom is 0.326 e. The lowest BCUT2D eigenvalue weighted by Gasteiger charge is -2.23. The summed E-state index contributed by atoms with van der Waals surface area (Å²) in [6.07, 6.45) is 2.87. The molecule has 30 heavy (non-hydrogen) atoms. The van der Waals surface area contributed by atoms with E-state index in [0.717, 1.165) is 16.5 Å². The van der Waals surface area contributed by atoms with Crippen LogP contribution < -0.4 is 16.4 Å². The van der Waals surface area contributed by atoms with E-state index in [4.69, 9.17) is 5.73 Å². The summed E-state index contributed by atoms with van der Waals surface area (Å²) >= 11 is 1.47. The second-order valence-electron chi connectivity index (χ2n) is 7.07. The highest BCUT2D eigenvalue weighted by molar-refractivity contribution is 7.98. The fraction of sp³-hybridized carbons (Fsp3) is 0.450. The van der Waals surface area contributed by atoms with Crippen LogP contribution in [-0.2, 0) is 20.8 Å². The van der Waals surface area contributed by atoms with Crippen LogP contribution in [-0.4, -0.2) is 69.2 Å². The van der Waals surface area contributed by atoms with Gasteiger partial charge in [-0.3, -0.25) is 9.59 Å². The van der Waals surface area contributed by atoms with E-state index in [1.165, 1.54) is 18.7 Å². The Morgan fingerprint density at radius 3 is 2.47 bits per heavy atom. The van der Waals surface area contributed by atoms with Gasteiger partial charge in [0.15, 0.2) is 0 Å². The van der Waals surface area contributed by atoms with Crippen molar-refractivity contribution in [3.8, 4) is 0 Å². The largest absolute Gasteiger partial charge is 0.480 e. The van der Waals surface area contributed by atoms with Crippen molar-refractivity contribution in [2.24, 2.45) is 5.73 Å². The molecule has 2 aromatic rings. The maximum atomic E-state index is 12.9. The number of carbonyl (C=O) groups is 3. The van der Waals surface area contributed by atoms with E-state index in [0.29, 0.717) is 5.75 Å². The number of para-hydroxylation sites is 1. The van der Waals surface area contributed by atoms with Gasteiger partial charge in [-0.05, 0) is 37.0 Å². The number of thioether (sulfide) groups is 1. The lowest BCUT2D eigenvalue weighted by molar-refractivity contribution is -0.142. The van der Waals surface area contributed by atoms with E-state index in [-0.39, 0.29) is 12.8 Å². The first-order valence-electron chi connectivity index (χ1n) is 9.55. The summed E-state index contributed by atoms with van der Waals surface area (Å²) in [5.74, 6) is -1.90. The van der Waals surface area contributed by atoms with Crippen molar-refractivity contribution in [1.29, 1.82) is 0 Å². The van der Waals surface area contributed by atoms with Crippen LogP contribution in [0.25, 0.3) is 10.9 Å². The maximum absolute atomic E-state index is 12.9. The lowest BCUT2D eigenvalue weighted by atomic mass is 10.0. The molecule has 0 aliphatic heterocycles. The van der Waals surface area contributed by atoms with Crippen LogP contribution in [0.4, 0.5) is 0 Å². The van der Waals surface area contributed by atoms with E-state index in [1.807, 2.05) is 30.5 Å². The first-order valence-corrected chi connectivity index (χ1v) is 10.9. The molecule has 0 unspecified atom stereocenters. The van der Waals surface area contributed by atoms with Crippen molar-refractivity contribution in [2.75, 3.05) is 12.0 Å². The summed E-state index contributed by atoms with van der Waals surface area (Å²) < 4.78 is 0. The first kappa shape index (κ1) is 23.7. The Morgan fingerprint density at radius 2 is 1.83 bits per heavy atom. The van der Waals surface area contributed by atoms with Crippen molar-refractivity contribution in [3.63, 3.8) is 0 Å². The quantitative estimate of drug-likeness (QED) is 0.294. The summed E-state index contributed by atoms with van der Waals surface area (Å²) in [6, 6.07) is 4.17. The number of nitrogens with two attached hydrogens (primary N) is 1. The van der Waals surface area contributed by atoms with Crippen LogP contribution in [0.3, 0.4) is 0 Å². The molecular formula is C20H28N4O5S. The smallest absolute Gasteiger partial charge is 0.326 e. The molecule has 0 fully saturated rings. The number of fused-ring (bicyclic) bond motifs is 1. The van der Waals surface area contributed by atoms with Gasteiger partial charge in [-0.2, -0.15) is 11.8 Å². The number of aliphatic carboxylic acids is 1. The van der Waals surface area contributed by atoms with Gasteiger partial charge in [0, 0.05) is 23.5 Å². The molecule has 7 N–H and O–H groups in total. The Bertz CT molecular complexity index is 885. The standard InChI is InChI=1S/C20H28N4O5S/c1-11(25)17(21)19(27)24-16(18(26)23-15(20(28)29)7-8-30-2)9-12-10-22-14-6-4-3-5-13(12)14/h3-6,10-11,15-17,22,25H,7-9,21H2,1-2H3,(H,23,26)(H,24,27)(H,28,29)/t11-,15+,16+,17+/m1/s1. The summed E-state index contributed by atoms with van der Waals surface area (Å²) in [5.41, 5.74) is 7.35. The van der Waals surface area contributed by atoms with Gasteiger partial charge in [-0.1, -0.05) is 18.2 Å². The van der Waals surface area contributed by atoms with Crippen LogP contribution >= 0.6 is 11.8 Å². The van der Waals surface area contributed by atoms with Crippen molar-refractivity contribution in [2.45, 2.75) is 44.0 Å². The minimum Gasteiger partial charge on any atom is -0.480 e. The van der Waals surface area contributed by atoms with E-state index >= 15 is 0 Å². The van der Waals surface area contributed by atoms with Crippen LogP contribution in [0.2, 0.25) is 0 Å². The van der Waals surface area contributed by atoms with E-state index in [2.05, 4.69) is 15.6 Å². The molecule has 4 atom stereocenters. The zero-order valence-corrected chi connectivity index (χ0v) is 17.7. The van der Waals surface area contributed by atoms with Crippen molar-refractivity contribution in [3.05, 3.63) is 36.0 Å². The lowest BCUT2D eigenvalue weighted by Crippen LogP contribution is -2.57. The zero-order chi connectivity index (χ0) is 22.3. The number of hydrogen-bond acceptors (Lipinski definition) is 6. The van der Waals surface area contributed by atoms with E-state index in [1.54, 1.807) is 6.20 Å². The van der Waals surface area contributed by atoms with Gasteiger partial charge in [0.2, 0.25) is 11.8 Å². The molecule has 164 valence electrons. The molecule has 0 radical (unpaired) electrons. The molecular weight excluding hydrogens is 408 g/mol. The number of hydrogen-bond donors (Lipinski definition) is 6. The third-order valence-corrected chi connectivity index (χ3v) is 5.42. The monoisotopic (exact) mass is 436 g/mol.